The van der Waals surface area contributed by atoms with Crippen molar-refractivity contribution in [1.29, 1.82) is 0 Å². The van der Waals surface area contributed by atoms with Crippen LogP contribution in [0, 0.1) is 0 Å². The number of carbonyl (C=O) groups excluding carboxylic acids is 2. The van der Waals surface area contributed by atoms with Crippen LogP contribution in [-0.4, -0.2) is 49.0 Å². The zero-order valence-corrected chi connectivity index (χ0v) is 17.1. The molecular weight excluding hydrogens is 378 g/mol. The molecule has 1 saturated heterocycles. The van der Waals surface area contributed by atoms with E-state index in [1.165, 1.54) is 24.6 Å². The van der Waals surface area contributed by atoms with Gasteiger partial charge in [-0.05, 0) is 37.0 Å². The molecule has 1 aliphatic heterocycles. The van der Waals surface area contributed by atoms with Crippen molar-refractivity contribution in [3.63, 3.8) is 0 Å². The SMILES string of the molecule is COc1ccc(CCNC(=O)CC2SC(=NC3CCCC3)NC2=O)cc1OC. The summed E-state index contributed by atoms with van der Waals surface area (Å²) in [4.78, 5) is 28.9. The van der Waals surface area contributed by atoms with Gasteiger partial charge in [-0.3, -0.25) is 14.6 Å². The molecule has 7 nitrogen and oxygen atoms in total. The van der Waals surface area contributed by atoms with Crippen LogP contribution in [0.25, 0.3) is 0 Å². The summed E-state index contributed by atoms with van der Waals surface area (Å²) in [5, 5.41) is 5.96. The summed E-state index contributed by atoms with van der Waals surface area (Å²) >= 11 is 1.37. The fraction of sp³-hybridized carbons (Fsp3) is 0.550. The van der Waals surface area contributed by atoms with E-state index in [2.05, 4.69) is 15.6 Å². The molecule has 1 atom stereocenters. The van der Waals surface area contributed by atoms with Crippen molar-refractivity contribution in [2.75, 3.05) is 20.8 Å². The lowest BCUT2D eigenvalue weighted by Crippen LogP contribution is -2.32. The summed E-state index contributed by atoms with van der Waals surface area (Å²) in [7, 11) is 3.19. The van der Waals surface area contributed by atoms with Crippen LogP contribution in [0.3, 0.4) is 0 Å². The van der Waals surface area contributed by atoms with E-state index in [-0.39, 0.29) is 18.2 Å². The van der Waals surface area contributed by atoms with Gasteiger partial charge >= 0.3 is 0 Å². The normalized spacial score (nSPS) is 21.0. The molecule has 0 spiro atoms. The molecule has 0 radical (unpaired) electrons. The molecule has 2 aliphatic rings. The highest BCUT2D eigenvalue weighted by Crippen LogP contribution is 2.28. The quantitative estimate of drug-likeness (QED) is 0.693. The van der Waals surface area contributed by atoms with Crippen LogP contribution >= 0.6 is 11.8 Å². The topological polar surface area (TPSA) is 89.0 Å². The van der Waals surface area contributed by atoms with Gasteiger partial charge in [0.2, 0.25) is 11.8 Å². The van der Waals surface area contributed by atoms with E-state index in [0.29, 0.717) is 35.7 Å². The number of thioether (sulfide) groups is 1. The molecule has 1 aromatic carbocycles. The van der Waals surface area contributed by atoms with Gasteiger partial charge < -0.3 is 20.1 Å². The fourth-order valence-corrected chi connectivity index (χ4v) is 4.46. The molecule has 1 heterocycles. The zero-order chi connectivity index (χ0) is 19.9. The molecule has 2 N–H and O–H groups in total. The Morgan fingerprint density at radius 3 is 2.71 bits per heavy atom. The average Bonchev–Trinajstić information content (AvgIpc) is 3.31. The largest absolute Gasteiger partial charge is 0.493 e. The smallest absolute Gasteiger partial charge is 0.240 e. The molecule has 2 fully saturated rings. The lowest BCUT2D eigenvalue weighted by molar-refractivity contribution is -0.125. The van der Waals surface area contributed by atoms with Gasteiger partial charge in [0.15, 0.2) is 16.7 Å². The van der Waals surface area contributed by atoms with Crippen LogP contribution in [-0.2, 0) is 16.0 Å². The van der Waals surface area contributed by atoms with E-state index in [9.17, 15) is 9.59 Å². The maximum absolute atomic E-state index is 12.2. The predicted molar refractivity (Wildman–Crippen MR) is 110 cm³/mol. The van der Waals surface area contributed by atoms with Crippen LogP contribution in [0.5, 0.6) is 11.5 Å². The first-order valence-corrected chi connectivity index (χ1v) is 10.5. The van der Waals surface area contributed by atoms with Crippen molar-refractivity contribution in [1.82, 2.24) is 10.6 Å². The third-order valence-corrected chi connectivity index (χ3v) is 6.05. The summed E-state index contributed by atoms with van der Waals surface area (Å²) in [5.41, 5.74) is 1.04. The van der Waals surface area contributed by atoms with Gasteiger partial charge in [-0.2, -0.15) is 0 Å². The first kappa shape index (κ1) is 20.5. The minimum Gasteiger partial charge on any atom is -0.493 e. The third-order valence-electron chi connectivity index (χ3n) is 4.96. The molecular formula is C20H27N3O4S. The third kappa shape index (κ3) is 5.41. The molecule has 3 rings (SSSR count). The number of carbonyl (C=O) groups is 2. The second-order valence-corrected chi connectivity index (χ2v) is 8.15. The standard InChI is InChI=1S/C20H27N3O4S/c1-26-15-8-7-13(11-16(15)27-2)9-10-21-18(24)12-17-19(25)23-20(28-17)22-14-5-3-4-6-14/h7-8,11,14,17H,3-6,9-10,12H2,1-2H3,(H,21,24)(H,22,23,25). The van der Waals surface area contributed by atoms with Gasteiger partial charge in [0.1, 0.15) is 5.25 Å². The maximum Gasteiger partial charge on any atom is 0.240 e. The number of nitrogens with zero attached hydrogens (tertiary/aromatic N) is 1. The molecule has 1 aliphatic carbocycles. The average molecular weight is 406 g/mol. The first-order valence-electron chi connectivity index (χ1n) is 9.62. The number of amidine groups is 1. The molecule has 28 heavy (non-hydrogen) atoms. The van der Waals surface area contributed by atoms with Gasteiger partial charge in [0.05, 0.1) is 20.3 Å². The Balaban J connectivity index is 1.43. The lowest BCUT2D eigenvalue weighted by Gasteiger charge is -2.10. The Morgan fingerprint density at radius 1 is 1.25 bits per heavy atom. The number of hydrogen-bond donors (Lipinski definition) is 2. The van der Waals surface area contributed by atoms with Crippen LogP contribution in [0.15, 0.2) is 23.2 Å². The van der Waals surface area contributed by atoms with E-state index in [0.717, 1.165) is 18.4 Å². The predicted octanol–water partition coefficient (Wildman–Crippen LogP) is 2.28. The molecule has 1 aromatic rings. The second-order valence-electron chi connectivity index (χ2n) is 6.96. The number of aliphatic imine (C=N–C) groups is 1. The van der Waals surface area contributed by atoms with Crippen molar-refractivity contribution in [2.24, 2.45) is 4.99 Å². The molecule has 2 amide bonds. The first-order chi connectivity index (χ1) is 13.6. The molecule has 0 aromatic heterocycles. The Labute approximate surface area is 169 Å². The van der Waals surface area contributed by atoms with Crippen molar-refractivity contribution in [3.05, 3.63) is 23.8 Å². The summed E-state index contributed by atoms with van der Waals surface area (Å²) in [5.74, 6) is 1.08. The summed E-state index contributed by atoms with van der Waals surface area (Å²) < 4.78 is 10.5. The van der Waals surface area contributed by atoms with Crippen molar-refractivity contribution >= 4 is 28.7 Å². The van der Waals surface area contributed by atoms with Gasteiger partial charge in [0.25, 0.3) is 0 Å². The summed E-state index contributed by atoms with van der Waals surface area (Å²) in [6.07, 6.45) is 5.40. The number of hydrogen-bond acceptors (Lipinski definition) is 6. The molecule has 1 unspecified atom stereocenters. The van der Waals surface area contributed by atoms with Crippen LogP contribution in [0.4, 0.5) is 0 Å². The Morgan fingerprint density at radius 2 is 2.00 bits per heavy atom. The lowest BCUT2D eigenvalue weighted by atomic mass is 10.1. The van der Waals surface area contributed by atoms with Gasteiger partial charge in [-0.25, -0.2) is 0 Å². The number of benzene rings is 1. The van der Waals surface area contributed by atoms with E-state index in [1.807, 2.05) is 18.2 Å². The van der Waals surface area contributed by atoms with Crippen LogP contribution in [0.1, 0.15) is 37.7 Å². The zero-order valence-electron chi connectivity index (χ0n) is 16.3. The van der Waals surface area contributed by atoms with Gasteiger partial charge in [-0.15, -0.1) is 0 Å². The highest BCUT2D eigenvalue weighted by molar-refractivity contribution is 8.15. The minimum atomic E-state index is -0.402. The number of amides is 2. The van der Waals surface area contributed by atoms with Gasteiger partial charge in [0, 0.05) is 13.0 Å². The molecule has 152 valence electrons. The van der Waals surface area contributed by atoms with E-state index < -0.39 is 5.25 Å². The summed E-state index contributed by atoms with van der Waals surface area (Å²) in [6, 6.07) is 6.01. The van der Waals surface area contributed by atoms with Crippen molar-refractivity contribution in [2.45, 2.75) is 49.8 Å². The van der Waals surface area contributed by atoms with Crippen molar-refractivity contribution in [3.8, 4) is 11.5 Å². The molecule has 1 saturated carbocycles. The number of ether oxygens (including phenoxy) is 2. The molecule has 0 bridgehead atoms. The minimum absolute atomic E-state index is 0.128. The van der Waals surface area contributed by atoms with E-state index in [1.54, 1.807) is 14.2 Å². The van der Waals surface area contributed by atoms with E-state index in [4.69, 9.17) is 9.47 Å². The number of methoxy groups -OCH3 is 2. The maximum atomic E-state index is 12.2. The highest BCUT2D eigenvalue weighted by atomic mass is 32.2. The Bertz CT molecular complexity index is 747. The number of rotatable bonds is 8. The van der Waals surface area contributed by atoms with Crippen molar-refractivity contribution < 1.29 is 19.1 Å². The Kier molecular flexibility index (Phi) is 7.19. The fourth-order valence-electron chi connectivity index (χ4n) is 3.42. The highest BCUT2D eigenvalue weighted by Gasteiger charge is 2.32. The number of nitrogens with one attached hydrogen (secondary N) is 2. The Hall–Kier alpha value is -2.22. The van der Waals surface area contributed by atoms with Gasteiger partial charge in [-0.1, -0.05) is 30.7 Å². The van der Waals surface area contributed by atoms with Crippen LogP contribution < -0.4 is 20.1 Å². The van der Waals surface area contributed by atoms with Crippen LogP contribution in [0.2, 0.25) is 0 Å². The second kappa shape index (κ2) is 9.82. The summed E-state index contributed by atoms with van der Waals surface area (Å²) in [6.45, 7) is 0.496. The molecule has 8 heteroatoms. The monoisotopic (exact) mass is 405 g/mol. The van der Waals surface area contributed by atoms with E-state index >= 15 is 0 Å².